The van der Waals surface area contributed by atoms with E-state index >= 15 is 0 Å². The van der Waals surface area contributed by atoms with Crippen molar-refractivity contribution in [3.8, 4) is 0 Å². The number of carbonyl (C=O) groups excluding carboxylic acids is 1. The number of benzene rings is 2. The van der Waals surface area contributed by atoms with Crippen molar-refractivity contribution in [2.75, 3.05) is 25.0 Å². The monoisotopic (exact) mass is 526 g/mol. The second-order valence-corrected chi connectivity index (χ2v) is 10.1. The number of unbranched alkanes of at least 4 members (excludes halogenated alkanes) is 1. The van der Waals surface area contributed by atoms with Crippen molar-refractivity contribution in [1.82, 2.24) is 4.90 Å². The molecule has 0 radical (unpaired) electrons. The molecule has 9 nitrogen and oxygen atoms in total. The van der Waals surface area contributed by atoms with E-state index in [0.717, 1.165) is 36.1 Å². The molecule has 0 unspecified atom stereocenters. The Labute approximate surface area is 223 Å². The fourth-order valence-corrected chi connectivity index (χ4v) is 5.15. The summed E-state index contributed by atoms with van der Waals surface area (Å²) in [5, 5.41) is 30.7. The molecule has 2 fully saturated rings. The number of ether oxygens (including phenoxy) is 2. The van der Waals surface area contributed by atoms with E-state index in [-0.39, 0.29) is 50.2 Å². The van der Waals surface area contributed by atoms with Gasteiger partial charge in [0.25, 0.3) is 0 Å². The molecule has 2 aliphatic rings. The molecule has 2 aromatic carbocycles. The second kappa shape index (κ2) is 13.8. The quantitative estimate of drug-likeness (QED) is 0.308. The topological polar surface area (TPSA) is 129 Å². The fourth-order valence-electron chi connectivity index (χ4n) is 5.15. The van der Waals surface area contributed by atoms with Gasteiger partial charge in [-0.15, -0.1) is 0 Å². The third-order valence-corrected chi connectivity index (χ3v) is 7.27. The Kier molecular flexibility index (Phi) is 10.3. The number of rotatable bonds is 12. The van der Waals surface area contributed by atoms with Crippen LogP contribution in [0.2, 0.25) is 0 Å². The lowest BCUT2D eigenvalue weighted by molar-refractivity contribution is -0.253. The van der Waals surface area contributed by atoms with Crippen LogP contribution in [0.25, 0.3) is 0 Å². The number of likely N-dealkylation sites (tertiary alicyclic amines) is 1. The molecule has 2 aromatic rings. The van der Waals surface area contributed by atoms with Gasteiger partial charge in [-0.3, -0.25) is 14.5 Å². The summed E-state index contributed by atoms with van der Waals surface area (Å²) in [4.78, 5) is 25.1. The third kappa shape index (κ3) is 7.85. The van der Waals surface area contributed by atoms with Gasteiger partial charge >= 0.3 is 5.97 Å². The lowest BCUT2D eigenvalue weighted by atomic mass is 9.99. The fraction of sp³-hybridized carbons (Fsp3) is 0.517. The average molecular weight is 527 g/mol. The highest BCUT2D eigenvalue weighted by molar-refractivity contribution is 5.90. The molecular weight excluding hydrogens is 488 g/mol. The molecule has 4 atom stereocenters. The normalized spacial score (nSPS) is 23.8. The molecule has 2 aliphatic heterocycles. The molecular formula is C29H38N2O7. The summed E-state index contributed by atoms with van der Waals surface area (Å²) in [5.74, 6) is -1.00. The summed E-state index contributed by atoms with van der Waals surface area (Å²) in [6.45, 7) is 1.79. The maximum absolute atomic E-state index is 12.2. The number of carboxylic acid groups (broad SMARTS) is 1. The van der Waals surface area contributed by atoms with Crippen LogP contribution in [0.15, 0.2) is 48.5 Å². The van der Waals surface area contributed by atoms with Crippen molar-refractivity contribution in [3.05, 3.63) is 65.2 Å². The predicted molar refractivity (Wildman–Crippen MR) is 141 cm³/mol. The van der Waals surface area contributed by atoms with E-state index in [1.54, 1.807) is 0 Å². The standard InChI is InChI=1S/C29H38N2O7/c32-18-20-7-9-21(10-8-20)26-16-25(17-31-15-3-4-24(31)19-33)37-29(38-26)22-11-13-23(14-12-22)30-27(34)5-1-2-6-28(35)36/h7-14,24-26,29,32-33H,1-6,15-19H2,(H,30,34)(H,35,36)/t24-,25-,26+,29+/m0/s1. The van der Waals surface area contributed by atoms with Gasteiger partial charge in [0.1, 0.15) is 0 Å². The SMILES string of the molecule is O=C(O)CCCCC(=O)Nc1ccc([C@@H]2O[C@H](CN3CCC[C@H]3CO)C[C@H](c3ccc(CO)cc3)O2)cc1. The summed E-state index contributed by atoms with van der Waals surface area (Å²) in [5.41, 5.74) is 3.36. The van der Waals surface area contributed by atoms with Crippen LogP contribution in [0.1, 0.15) is 74.0 Å². The van der Waals surface area contributed by atoms with Crippen LogP contribution in [0, 0.1) is 0 Å². The van der Waals surface area contributed by atoms with E-state index in [2.05, 4.69) is 10.2 Å². The average Bonchev–Trinajstić information content (AvgIpc) is 3.38. The Bertz CT molecular complexity index is 1040. The van der Waals surface area contributed by atoms with Crippen molar-refractivity contribution in [2.24, 2.45) is 0 Å². The first-order valence-corrected chi connectivity index (χ1v) is 13.4. The number of nitrogens with zero attached hydrogens (tertiary/aromatic N) is 1. The molecule has 1 amide bonds. The number of nitrogens with one attached hydrogen (secondary N) is 1. The second-order valence-electron chi connectivity index (χ2n) is 10.1. The van der Waals surface area contributed by atoms with Crippen molar-refractivity contribution in [3.63, 3.8) is 0 Å². The van der Waals surface area contributed by atoms with E-state index in [4.69, 9.17) is 14.6 Å². The van der Waals surface area contributed by atoms with E-state index in [0.29, 0.717) is 31.5 Å². The number of aliphatic carboxylic acids is 1. The zero-order valence-electron chi connectivity index (χ0n) is 21.6. The molecule has 0 aromatic heterocycles. The zero-order chi connectivity index (χ0) is 26.9. The number of hydrogen-bond acceptors (Lipinski definition) is 7. The van der Waals surface area contributed by atoms with E-state index in [1.165, 1.54) is 0 Å². The Morgan fingerprint density at radius 1 is 0.947 bits per heavy atom. The first kappa shape index (κ1) is 28.2. The van der Waals surface area contributed by atoms with Crippen LogP contribution in [0.3, 0.4) is 0 Å². The number of hydrogen-bond donors (Lipinski definition) is 4. The van der Waals surface area contributed by atoms with Gasteiger partial charge < -0.3 is 30.1 Å². The van der Waals surface area contributed by atoms with Crippen molar-refractivity contribution < 1.29 is 34.4 Å². The third-order valence-electron chi connectivity index (χ3n) is 7.27. The summed E-state index contributed by atoms with van der Waals surface area (Å²) < 4.78 is 12.8. The van der Waals surface area contributed by atoms with Crippen LogP contribution in [-0.4, -0.2) is 63.9 Å². The van der Waals surface area contributed by atoms with Crippen LogP contribution in [0.5, 0.6) is 0 Å². The first-order valence-electron chi connectivity index (χ1n) is 13.4. The molecule has 0 saturated carbocycles. The largest absolute Gasteiger partial charge is 0.481 e. The molecule has 4 N–H and O–H groups in total. The van der Waals surface area contributed by atoms with Gasteiger partial charge in [-0.05, 0) is 55.5 Å². The molecule has 2 saturated heterocycles. The van der Waals surface area contributed by atoms with Gasteiger partial charge in [-0.2, -0.15) is 0 Å². The Hall–Kier alpha value is -2.82. The highest BCUT2D eigenvalue weighted by atomic mass is 16.7. The van der Waals surface area contributed by atoms with Crippen LogP contribution >= 0.6 is 0 Å². The smallest absolute Gasteiger partial charge is 0.303 e. The van der Waals surface area contributed by atoms with Crippen molar-refractivity contribution in [2.45, 2.75) is 76.1 Å². The molecule has 9 heteroatoms. The number of anilines is 1. The Morgan fingerprint density at radius 2 is 1.66 bits per heavy atom. The molecule has 0 bridgehead atoms. The number of carbonyl (C=O) groups is 2. The first-order chi connectivity index (χ1) is 18.4. The molecule has 4 rings (SSSR count). The predicted octanol–water partition coefficient (Wildman–Crippen LogP) is 3.76. The Morgan fingerprint density at radius 3 is 2.34 bits per heavy atom. The van der Waals surface area contributed by atoms with E-state index in [1.807, 2.05) is 48.5 Å². The minimum atomic E-state index is -0.853. The molecule has 206 valence electrons. The van der Waals surface area contributed by atoms with Gasteiger partial charge in [0.2, 0.25) is 5.91 Å². The van der Waals surface area contributed by atoms with Crippen molar-refractivity contribution >= 4 is 17.6 Å². The van der Waals surface area contributed by atoms with Crippen LogP contribution in [-0.2, 0) is 25.7 Å². The van der Waals surface area contributed by atoms with Crippen LogP contribution in [0.4, 0.5) is 5.69 Å². The highest BCUT2D eigenvalue weighted by Crippen LogP contribution is 2.39. The lowest BCUT2D eigenvalue weighted by Crippen LogP contribution is -2.42. The summed E-state index contributed by atoms with van der Waals surface area (Å²) in [6.07, 6.45) is 3.20. The number of amides is 1. The van der Waals surface area contributed by atoms with Crippen LogP contribution < -0.4 is 5.32 Å². The summed E-state index contributed by atoms with van der Waals surface area (Å²) >= 11 is 0. The minimum Gasteiger partial charge on any atom is -0.481 e. The lowest BCUT2D eigenvalue weighted by Gasteiger charge is -2.38. The highest BCUT2D eigenvalue weighted by Gasteiger charge is 2.35. The molecule has 0 spiro atoms. The minimum absolute atomic E-state index is 0.0110. The van der Waals surface area contributed by atoms with Crippen molar-refractivity contribution in [1.29, 1.82) is 0 Å². The number of carboxylic acids is 1. The van der Waals surface area contributed by atoms with Gasteiger partial charge in [0.15, 0.2) is 6.29 Å². The van der Waals surface area contributed by atoms with E-state index < -0.39 is 12.3 Å². The summed E-state index contributed by atoms with van der Waals surface area (Å²) in [6, 6.07) is 15.3. The number of aliphatic hydroxyl groups is 2. The Balaban J connectivity index is 1.42. The van der Waals surface area contributed by atoms with Gasteiger partial charge in [0, 0.05) is 43.1 Å². The van der Waals surface area contributed by atoms with Gasteiger partial charge in [0.05, 0.1) is 25.4 Å². The maximum atomic E-state index is 12.2. The van der Waals surface area contributed by atoms with Gasteiger partial charge in [-0.1, -0.05) is 36.4 Å². The number of aliphatic hydroxyl groups excluding tert-OH is 2. The summed E-state index contributed by atoms with van der Waals surface area (Å²) in [7, 11) is 0. The maximum Gasteiger partial charge on any atom is 0.303 e. The molecule has 0 aliphatic carbocycles. The van der Waals surface area contributed by atoms with Gasteiger partial charge in [-0.25, -0.2) is 0 Å². The molecule has 2 heterocycles. The van der Waals surface area contributed by atoms with E-state index in [9.17, 15) is 19.8 Å². The zero-order valence-corrected chi connectivity index (χ0v) is 21.6. The molecule has 38 heavy (non-hydrogen) atoms.